The first kappa shape index (κ1) is 19.4. The molecule has 1 saturated carbocycles. The van der Waals surface area contributed by atoms with E-state index in [9.17, 15) is 0 Å². The second kappa shape index (κ2) is 8.19. The summed E-state index contributed by atoms with van der Waals surface area (Å²) in [7, 11) is 0. The Kier molecular flexibility index (Phi) is 5.67. The quantitative estimate of drug-likeness (QED) is 0.483. The van der Waals surface area contributed by atoms with E-state index >= 15 is 0 Å². The molecular formula is C26H31OP. The fourth-order valence-corrected chi connectivity index (χ4v) is 12.4. The molecule has 3 aromatic rings. The molecule has 0 heterocycles. The van der Waals surface area contributed by atoms with Crippen molar-refractivity contribution in [1.82, 2.24) is 0 Å². The first-order chi connectivity index (χ1) is 13.8. The molecule has 0 spiro atoms. The van der Waals surface area contributed by atoms with Crippen LogP contribution in [0.5, 0.6) is 0 Å². The average molecular weight is 391 g/mol. The minimum absolute atomic E-state index is 0.520. The fraction of sp³-hybridized carbons (Fsp3) is 0.308. The van der Waals surface area contributed by atoms with Crippen LogP contribution in [0.4, 0.5) is 0 Å². The van der Waals surface area contributed by atoms with Gasteiger partial charge in [0.05, 0.1) is 0 Å². The molecule has 0 amide bonds. The van der Waals surface area contributed by atoms with Gasteiger partial charge in [0.2, 0.25) is 0 Å². The Labute approximate surface area is 169 Å². The van der Waals surface area contributed by atoms with Gasteiger partial charge in [-0.15, -0.1) is 0 Å². The maximum atomic E-state index is 7.25. The van der Waals surface area contributed by atoms with Gasteiger partial charge in [0.15, 0.2) is 0 Å². The Bertz CT molecular complexity index is 771. The van der Waals surface area contributed by atoms with E-state index in [4.69, 9.17) is 4.52 Å². The Hall–Kier alpha value is -1.95. The van der Waals surface area contributed by atoms with Crippen LogP contribution in [0, 0.1) is 0 Å². The zero-order chi connectivity index (χ0) is 19.3. The summed E-state index contributed by atoms with van der Waals surface area (Å²) in [6.07, 6.45) is 6.39. The third kappa shape index (κ3) is 2.84. The monoisotopic (exact) mass is 390 g/mol. The molecular weight excluding hydrogens is 359 g/mol. The molecule has 0 bridgehead atoms. The molecule has 3 aromatic carbocycles. The predicted molar refractivity (Wildman–Crippen MR) is 124 cm³/mol. The first-order valence-electron chi connectivity index (χ1n) is 10.7. The van der Waals surface area contributed by atoms with Crippen molar-refractivity contribution in [1.29, 1.82) is 0 Å². The molecule has 4 rings (SSSR count). The summed E-state index contributed by atoms with van der Waals surface area (Å²) in [6.45, 7) is -0.213. The van der Waals surface area contributed by atoms with Gasteiger partial charge >= 0.3 is 170 Å². The zero-order valence-electron chi connectivity index (χ0n) is 16.8. The molecule has 146 valence electrons. The number of rotatable bonds is 6. The van der Waals surface area contributed by atoms with Gasteiger partial charge < -0.3 is 0 Å². The van der Waals surface area contributed by atoms with Crippen molar-refractivity contribution in [3.8, 4) is 0 Å². The van der Waals surface area contributed by atoms with Gasteiger partial charge in [-0.05, 0) is 0 Å². The van der Waals surface area contributed by atoms with E-state index in [0.29, 0.717) is 12.3 Å². The summed E-state index contributed by atoms with van der Waals surface area (Å²) >= 11 is 0. The molecule has 1 aliphatic rings. The average Bonchev–Trinajstić information content (AvgIpc) is 2.80. The molecule has 0 N–H and O–H groups in total. The predicted octanol–water partition coefficient (Wildman–Crippen LogP) is 5.80. The van der Waals surface area contributed by atoms with Gasteiger partial charge in [-0.1, -0.05) is 0 Å². The van der Waals surface area contributed by atoms with Gasteiger partial charge in [0.1, 0.15) is 0 Å². The minimum atomic E-state index is -3.09. The Morgan fingerprint density at radius 3 is 1.39 bits per heavy atom. The molecule has 0 unspecified atom stereocenters. The zero-order valence-corrected chi connectivity index (χ0v) is 17.7. The summed E-state index contributed by atoms with van der Waals surface area (Å²) in [4.78, 5) is 0. The van der Waals surface area contributed by atoms with E-state index in [1.807, 2.05) is 0 Å². The van der Waals surface area contributed by atoms with Crippen molar-refractivity contribution in [3.05, 3.63) is 91.0 Å². The van der Waals surface area contributed by atoms with E-state index in [0.717, 1.165) is 0 Å². The van der Waals surface area contributed by atoms with Crippen LogP contribution in [-0.4, -0.2) is 12.3 Å². The fourth-order valence-electron chi connectivity index (χ4n) is 5.42. The normalized spacial score (nSPS) is 17.0. The molecule has 0 aromatic heterocycles. The van der Waals surface area contributed by atoms with Crippen LogP contribution in [0.3, 0.4) is 0 Å². The molecule has 0 saturated heterocycles. The SMILES string of the molecule is CCOP(c1ccccc1)(c1ccccc1)(c1ccccc1)C1CCCCC1. The van der Waals surface area contributed by atoms with E-state index in [1.54, 1.807) is 0 Å². The van der Waals surface area contributed by atoms with Crippen molar-refractivity contribution in [3.63, 3.8) is 0 Å². The van der Waals surface area contributed by atoms with Gasteiger partial charge in [0, 0.05) is 0 Å². The summed E-state index contributed by atoms with van der Waals surface area (Å²) in [6, 6.07) is 33.4. The molecule has 1 aliphatic carbocycles. The van der Waals surface area contributed by atoms with E-state index in [1.165, 1.54) is 48.0 Å². The van der Waals surface area contributed by atoms with Crippen LogP contribution in [-0.2, 0) is 4.52 Å². The van der Waals surface area contributed by atoms with Crippen molar-refractivity contribution in [2.45, 2.75) is 44.7 Å². The van der Waals surface area contributed by atoms with E-state index in [2.05, 4.69) is 97.9 Å². The Morgan fingerprint density at radius 2 is 1.04 bits per heavy atom. The van der Waals surface area contributed by atoms with Crippen LogP contribution in [0.25, 0.3) is 0 Å². The Balaban J connectivity index is 2.16. The standard InChI is InChI=1S/C26H31OP/c1-2-27-28(23-15-7-3-8-16-23,24-17-9-4-10-18-24,25-19-11-5-12-20-25)26-21-13-6-14-22-26/h3-5,7-12,15-20,26H,2,6,13-14,21-22H2,1H3. The van der Waals surface area contributed by atoms with Crippen LogP contribution in [0.2, 0.25) is 0 Å². The maximum absolute atomic E-state index is 7.25. The Morgan fingerprint density at radius 1 is 0.643 bits per heavy atom. The second-order valence-corrected chi connectivity index (χ2v) is 12.6. The number of hydrogen-bond acceptors (Lipinski definition) is 1. The van der Waals surface area contributed by atoms with Gasteiger partial charge in [-0.2, -0.15) is 0 Å². The van der Waals surface area contributed by atoms with Crippen LogP contribution in [0.1, 0.15) is 39.0 Å². The van der Waals surface area contributed by atoms with Crippen molar-refractivity contribution >= 4 is 22.7 Å². The van der Waals surface area contributed by atoms with E-state index in [-0.39, 0.29) is 0 Å². The molecule has 1 fully saturated rings. The van der Waals surface area contributed by atoms with Gasteiger partial charge in [-0.3, -0.25) is 0 Å². The third-order valence-corrected chi connectivity index (χ3v) is 13.2. The summed E-state index contributed by atoms with van der Waals surface area (Å²) in [5.41, 5.74) is 0.520. The molecule has 28 heavy (non-hydrogen) atoms. The molecule has 2 heteroatoms. The molecule has 0 atom stereocenters. The topological polar surface area (TPSA) is 9.23 Å². The van der Waals surface area contributed by atoms with Crippen molar-refractivity contribution in [2.75, 3.05) is 6.61 Å². The third-order valence-electron chi connectivity index (χ3n) is 6.48. The number of hydrogen-bond donors (Lipinski definition) is 0. The summed E-state index contributed by atoms with van der Waals surface area (Å²) in [5, 5.41) is 4.12. The van der Waals surface area contributed by atoms with Gasteiger partial charge in [-0.25, -0.2) is 0 Å². The van der Waals surface area contributed by atoms with Gasteiger partial charge in [0.25, 0.3) is 0 Å². The molecule has 0 aliphatic heterocycles. The summed E-state index contributed by atoms with van der Waals surface area (Å²) < 4.78 is 7.25. The molecule has 0 radical (unpaired) electrons. The summed E-state index contributed by atoms with van der Waals surface area (Å²) in [5.74, 6) is 0. The van der Waals surface area contributed by atoms with Crippen molar-refractivity contribution < 1.29 is 4.52 Å². The van der Waals surface area contributed by atoms with Crippen LogP contribution < -0.4 is 15.9 Å². The van der Waals surface area contributed by atoms with Crippen LogP contribution >= 0.6 is 6.83 Å². The first-order valence-corrected chi connectivity index (χ1v) is 12.9. The number of benzene rings is 3. The van der Waals surface area contributed by atoms with Crippen LogP contribution in [0.15, 0.2) is 91.0 Å². The van der Waals surface area contributed by atoms with E-state index < -0.39 is 6.83 Å². The van der Waals surface area contributed by atoms with Crippen molar-refractivity contribution in [2.24, 2.45) is 0 Å². The second-order valence-electron chi connectivity index (χ2n) is 7.82. The molecule has 1 nitrogen and oxygen atoms in total.